The first kappa shape index (κ1) is 15.6. The van der Waals surface area contributed by atoms with Gasteiger partial charge in [0.25, 0.3) is 0 Å². The van der Waals surface area contributed by atoms with Crippen molar-refractivity contribution in [3.63, 3.8) is 0 Å². The van der Waals surface area contributed by atoms with Crippen LogP contribution in [0.4, 0.5) is 15.8 Å². The summed E-state index contributed by atoms with van der Waals surface area (Å²) in [6.07, 6.45) is 4.39. The average molecular weight is 354 g/mol. The summed E-state index contributed by atoms with van der Waals surface area (Å²) in [5.41, 5.74) is 0.419. The summed E-state index contributed by atoms with van der Waals surface area (Å²) < 4.78 is 20.8. The summed E-state index contributed by atoms with van der Waals surface area (Å²) in [7, 11) is 1.22. The number of hydrogen-bond acceptors (Lipinski definition) is 4. The van der Waals surface area contributed by atoms with E-state index in [1.54, 1.807) is 12.1 Å². The summed E-state index contributed by atoms with van der Waals surface area (Å²) >= 11 is 11.9. The van der Waals surface area contributed by atoms with Gasteiger partial charge in [-0.05, 0) is 18.2 Å². The topological polar surface area (TPSA) is 55.6 Å². The Bertz CT molecular complexity index is 911. The van der Waals surface area contributed by atoms with Crippen molar-refractivity contribution in [2.24, 2.45) is 0 Å². The van der Waals surface area contributed by atoms with Crippen LogP contribution in [0.5, 0.6) is 0 Å². The van der Waals surface area contributed by atoms with Crippen LogP contribution in [-0.4, -0.2) is 22.5 Å². The molecule has 23 heavy (non-hydrogen) atoms. The van der Waals surface area contributed by atoms with Crippen LogP contribution in [0.3, 0.4) is 0 Å². The van der Waals surface area contributed by atoms with Crippen LogP contribution in [0.15, 0.2) is 36.8 Å². The number of carbonyl (C=O) groups is 1. The van der Waals surface area contributed by atoms with Crippen molar-refractivity contribution >= 4 is 46.2 Å². The molecular weight excluding hydrogens is 344 g/mol. The molecule has 8 heteroatoms. The summed E-state index contributed by atoms with van der Waals surface area (Å²) in [6.45, 7) is 0. The Balaban J connectivity index is 2.17. The molecular formula is C15H10Cl2FN3O2. The largest absolute Gasteiger partial charge is 0.465 e. The molecule has 0 saturated heterocycles. The molecule has 0 aliphatic heterocycles. The molecule has 0 radical (unpaired) electrons. The maximum absolute atomic E-state index is 14.7. The Morgan fingerprint density at radius 1 is 1.39 bits per heavy atom. The van der Waals surface area contributed by atoms with Crippen LogP contribution >= 0.6 is 23.2 Å². The highest BCUT2D eigenvalue weighted by molar-refractivity contribution is 6.36. The molecule has 3 rings (SSSR count). The molecule has 0 aliphatic rings. The van der Waals surface area contributed by atoms with Crippen LogP contribution in [0.25, 0.3) is 5.65 Å². The van der Waals surface area contributed by atoms with Gasteiger partial charge in [0.05, 0.1) is 23.5 Å². The molecule has 0 atom stereocenters. The zero-order valence-electron chi connectivity index (χ0n) is 11.8. The van der Waals surface area contributed by atoms with Crippen LogP contribution in [-0.2, 0) is 4.74 Å². The highest BCUT2D eigenvalue weighted by Gasteiger charge is 2.21. The third-order valence-corrected chi connectivity index (χ3v) is 3.77. The molecule has 0 bridgehead atoms. The number of aromatic nitrogens is 2. The first-order valence-electron chi connectivity index (χ1n) is 6.47. The van der Waals surface area contributed by atoms with E-state index in [9.17, 15) is 9.18 Å². The van der Waals surface area contributed by atoms with Gasteiger partial charge in [-0.25, -0.2) is 14.2 Å². The van der Waals surface area contributed by atoms with Crippen molar-refractivity contribution in [1.82, 2.24) is 9.38 Å². The predicted molar refractivity (Wildman–Crippen MR) is 86.2 cm³/mol. The quantitative estimate of drug-likeness (QED) is 0.712. The summed E-state index contributed by atoms with van der Waals surface area (Å²) in [4.78, 5) is 15.9. The number of pyridine rings is 1. The molecule has 0 unspecified atom stereocenters. The Morgan fingerprint density at radius 2 is 2.17 bits per heavy atom. The minimum absolute atomic E-state index is 0.0153. The third-order valence-electron chi connectivity index (χ3n) is 3.22. The highest BCUT2D eigenvalue weighted by Crippen LogP contribution is 2.32. The first-order chi connectivity index (χ1) is 11.0. The van der Waals surface area contributed by atoms with E-state index in [-0.39, 0.29) is 21.9 Å². The van der Waals surface area contributed by atoms with E-state index >= 15 is 0 Å². The summed E-state index contributed by atoms with van der Waals surface area (Å²) in [5, 5.41) is 3.54. The number of imidazole rings is 1. The molecule has 5 nitrogen and oxygen atoms in total. The van der Waals surface area contributed by atoms with E-state index < -0.39 is 11.8 Å². The minimum atomic E-state index is -0.691. The molecule has 2 aromatic heterocycles. The van der Waals surface area contributed by atoms with Crippen molar-refractivity contribution in [3.05, 3.63) is 58.2 Å². The van der Waals surface area contributed by atoms with Crippen molar-refractivity contribution in [3.8, 4) is 0 Å². The van der Waals surface area contributed by atoms with Crippen LogP contribution < -0.4 is 5.32 Å². The van der Waals surface area contributed by atoms with E-state index in [1.807, 2.05) is 0 Å². The molecule has 118 valence electrons. The number of hydrogen-bond donors (Lipinski definition) is 1. The number of methoxy groups -OCH3 is 1. The van der Waals surface area contributed by atoms with Crippen LogP contribution in [0, 0.1) is 5.82 Å². The number of anilines is 2. The van der Waals surface area contributed by atoms with Crippen LogP contribution in [0.1, 0.15) is 10.4 Å². The van der Waals surface area contributed by atoms with Gasteiger partial charge < -0.3 is 14.5 Å². The molecule has 0 fully saturated rings. The van der Waals surface area contributed by atoms with Crippen molar-refractivity contribution < 1.29 is 13.9 Å². The van der Waals surface area contributed by atoms with Crippen LogP contribution in [0.2, 0.25) is 10.0 Å². The number of benzene rings is 1. The smallest absolute Gasteiger partial charge is 0.341 e. The number of esters is 1. The number of ether oxygens (including phenoxy) is 1. The van der Waals surface area contributed by atoms with Gasteiger partial charge in [-0.2, -0.15) is 0 Å². The second-order valence-corrected chi connectivity index (χ2v) is 5.47. The normalized spacial score (nSPS) is 10.8. The van der Waals surface area contributed by atoms with Gasteiger partial charge in [-0.1, -0.05) is 23.2 Å². The second kappa shape index (κ2) is 6.06. The maximum atomic E-state index is 14.7. The fraction of sp³-hybridized carbons (Fsp3) is 0.0667. The van der Waals surface area contributed by atoms with E-state index in [0.29, 0.717) is 10.7 Å². The molecule has 0 spiro atoms. The van der Waals surface area contributed by atoms with Gasteiger partial charge in [0, 0.05) is 23.6 Å². The van der Waals surface area contributed by atoms with Crippen molar-refractivity contribution in [1.29, 1.82) is 0 Å². The predicted octanol–water partition coefficient (Wildman–Crippen LogP) is 4.31. The van der Waals surface area contributed by atoms with Gasteiger partial charge >= 0.3 is 5.97 Å². The number of nitrogens with one attached hydrogen (secondary N) is 1. The number of nitrogens with zero attached hydrogens (tertiary/aromatic N) is 2. The van der Waals surface area contributed by atoms with Crippen molar-refractivity contribution in [2.75, 3.05) is 12.4 Å². The Labute approximate surface area is 140 Å². The summed E-state index contributed by atoms with van der Waals surface area (Å²) in [6, 6.07) is 4.69. The van der Waals surface area contributed by atoms with E-state index in [1.165, 1.54) is 36.2 Å². The molecule has 1 N–H and O–H groups in total. The lowest BCUT2D eigenvalue weighted by molar-refractivity contribution is 0.0601. The van der Waals surface area contributed by atoms with Crippen molar-refractivity contribution in [2.45, 2.75) is 0 Å². The maximum Gasteiger partial charge on any atom is 0.341 e. The Morgan fingerprint density at radius 3 is 2.87 bits per heavy atom. The Hall–Kier alpha value is -2.31. The molecule has 0 amide bonds. The molecule has 2 heterocycles. The molecule has 0 saturated carbocycles. The lowest BCUT2D eigenvalue weighted by Crippen LogP contribution is -2.10. The number of rotatable bonds is 3. The molecule has 0 aliphatic carbocycles. The number of carbonyl (C=O) groups excluding carboxylic acids is 1. The van der Waals surface area contributed by atoms with E-state index in [0.717, 1.165) is 0 Å². The third kappa shape index (κ3) is 2.83. The zero-order valence-corrected chi connectivity index (χ0v) is 13.3. The monoisotopic (exact) mass is 353 g/mol. The summed E-state index contributed by atoms with van der Waals surface area (Å²) in [5.74, 6) is -1.38. The van der Waals surface area contributed by atoms with E-state index in [2.05, 4.69) is 10.3 Å². The lowest BCUT2D eigenvalue weighted by atomic mass is 10.2. The van der Waals surface area contributed by atoms with E-state index in [4.69, 9.17) is 27.9 Å². The first-order valence-corrected chi connectivity index (χ1v) is 7.22. The van der Waals surface area contributed by atoms with Gasteiger partial charge in [0.1, 0.15) is 5.56 Å². The van der Waals surface area contributed by atoms with Gasteiger partial charge in [-0.3, -0.25) is 0 Å². The Kier molecular flexibility index (Phi) is 4.11. The zero-order chi connectivity index (χ0) is 16.6. The molecule has 3 aromatic rings. The van der Waals surface area contributed by atoms with Gasteiger partial charge in [0.2, 0.25) is 0 Å². The average Bonchev–Trinajstić information content (AvgIpc) is 3.00. The van der Waals surface area contributed by atoms with Gasteiger partial charge in [-0.15, -0.1) is 0 Å². The SMILES string of the molecule is COC(=O)c1cn2ccnc2c(F)c1Nc1ccc(Cl)cc1Cl. The fourth-order valence-electron chi connectivity index (χ4n) is 2.13. The number of fused-ring (bicyclic) bond motifs is 1. The van der Waals surface area contributed by atoms with Gasteiger partial charge in [0.15, 0.2) is 11.5 Å². The standard InChI is InChI=1S/C15H10Cl2FN3O2/c1-23-15(22)9-7-21-5-4-19-14(21)12(18)13(9)20-11-3-2-8(16)6-10(11)17/h2-7,20H,1H3. The minimum Gasteiger partial charge on any atom is -0.465 e. The molecule has 1 aromatic carbocycles. The highest BCUT2D eigenvalue weighted by atomic mass is 35.5. The second-order valence-electron chi connectivity index (χ2n) is 4.63. The lowest BCUT2D eigenvalue weighted by Gasteiger charge is -2.14. The number of halogens is 3. The fourth-order valence-corrected chi connectivity index (χ4v) is 2.59.